The molecule has 1 aliphatic heterocycles. The molecule has 2 bridgehead atoms. The first kappa shape index (κ1) is 14.9. The summed E-state index contributed by atoms with van der Waals surface area (Å²) in [4.78, 5) is 19.0. The van der Waals surface area contributed by atoms with Crippen LogP contribution in [0.25, 0.3) is 0 Å². The molecule has 1 amide bonds. The fourth-order valence-electron chi connectivity index (χ4n) is 4.52. The zero-order valence-electron chi connectivity index (χ0n) is 13.5. The van der Waals surface area contributed by atoms with Crippen LogP contribution in [0.5, 0.6) is 0 Å². The average molecular weight is 315 g/mol. The predicted molar refractivity (Wildman–Crippen MR) is 89.5 cm³/mol. The van der Waals surface area contributed by atoms with E-state index in [1.54, 1.807) is 6.20 Å². The molecule has 0 aromatic carbocycles. The Morgan fingerprint density at radius 2 is 2.13 bits per heavy atom. The van der Waals surface area contributed by atoms with E-state index < -0.39 is 0 Å². The number of hydrogen-bond acceptors (Lipinski definition) is 4. The smallest absolute Gasteiger partial charge is 0.224 e. The fourth-order valence-corrected chi connectivity index (χ4v) is 4.52. The summed E-state index contributed by atoms with van der Waals surface area (Å²) >= 11 is 0. The van der Waals surface area contributed by atoms with Gasteiger partial charge >= 0.3 is 0 Å². The Morgan fingerprint density at radius 3 is 2.78 bits per heavy atom. The minimum Gasteiger partial charge on any atom is -0.378 e. The molecule has 3 atom stereocenters. The minimum atomic E-state index is 0.142. The van der Waals surface area contributed by atoms with Crippen LogP contribution in [0, 0.1) is 17.8 Å². The molecule has 1 N–H and O–H groups in total. The number of carbonyl (C=O) groups excluding carboxylic acids is 1. The lowest BCUT2D eigenvalue weighted by molar-refractivity contribution is -0.117. The third kappa shape index (κ3) is 3.34. The number of fused-ring (bicyclic) bond motifs is 2. The largest absolute Gasteiger partial charge is 0.378 e. The number of hydrogen-bond donors (Lipinski definition) is 1. The van der Waals surface area contributed by atoms with Gasteiger partial charge in [0.1, 0.15) is 5.82 Å². The molecule has 2 heterocycles. The average Bonchev–Trinajstić information content (AvgIpc) is 3.19. The zero-order valence-corrected chi connectivity index (χ0v) is 13.5. The predicted octanol–water partition coefficient (Wildman–Crippen LogP) is 2.68. The number of amides is 1. The van der Waals surface area contributed by atoms with Gasteiger partial charge in [-0.25, -0.2) is 4.98 Å². The van der Waals surface area contributed by atoms with Gasteiger partial charge in [-0.05, 0) is 49.1 Å². The van der Waals surface area contributed by atoms with Gasteiger partial charge < -0.3 is 15.0 Å². The highest BCUT2D eigenvalue weighted by atomic mass is 16.5. The maximum atomic E-state index is 12.3. The van der Waals surface area contributed by atoms with E-state index >= 15 is 0 Å². The standard InChI is InChI=1S/C18H25N3O2/c22-18(11-15-10-13-1-2-14(15)9-13)20-16-3-4-17(19-12-16)21-5-7-23-8-6-21/h3-4,12-15H,1-2,5-11H2,(H,20,22). The van der Waals surface area contributed by atoms with Gasteiger partial charge in [-0.15, -0.1) is 0 Å². The van der Waals surface area contributed by atoms with Crippen LogP contribution in [-0.4, -0.2) is 37.2 Å². The van der Waals surface area contributed by atoms with E-state index in [0.717, 1.165) is 49.6 Å². The molecule has 3 aliphatic rings. The summed E-state index contributed by atoms with van der Waals surface area (Å²) < 4.78 is 5.36. The number of rotatable bonds is 4. The van der Waals surface area contributed by atoms with Crippen LogP contribution < -0.4 is 10.2 Å². The Bertz CT molecular complexity index is 554. The molecule has 3 unspecified atom stereocenters. The SMILES string of the molecule is O=C(CC1CC2CCC1C2)Nc1ccc(N2CCOCC2)nc1. The Balaban J connectivity index is 1.30. The number of pyridine rings is 1. The highest BCUT2D eigenvalue weighted by Gasteiger charge is 2.40. The first-order valence-corrected chi connectivity index (χ1v) is 8.86. The van der Waals surface area contributed by atoms with E-state index in [-0.39, 0.29) is 5.91 Å². The lowest BCUT2D eigenvalue weighted by Gasteiger charge is -2.27. The van der Waals surface area contributed by atoms with Crippen molar-refractivity contribution in [2.75, 3.05) is 36.5 Å². The summed E-state index contributed by atoms with van der Waals surface area (Å²) in [6.45, 7) is 3.26. The molecule has 3 fully saturated rings. The summed E-state index contributed by atoms with van der Waals surface area (Å²) in [7, 11) is 0. The molecule has 1 aromatic rings. The molecule has 2 aliphatic carbocycles. The molecule has 5 heteroatoms. The lowest BCUT2D eigenvalue weighted by Crippen LogP contribution is -2.36. The normalized spacial score (nSPS) is 29.7. The second-order valence-electron chi connectivity index (χ2n) is 7.19. The number of morpholine rings is 1. The van der Waals surface area contributed by atoms with Crippen molar-refractivity contribution < 1.29 is 9.53 Å². The number of carbonyl (C=O) groups is 1. The van der Waals surface area contributed by atoms with Gasteiger partial charge in [-0.3, -0.25) is 4.79 Å². The molecular weight excluding hydrogens is 290 g/mol. The van der Waals surface area contributed by atoms with Crippen molar-refractivity contribution in [3.63, 3.8) is 0 Å². The van der Waals surface area contributed by atoms with Crippen LogP contribution in [0.3, 0.4) is 0 Å². The minimum absolute atomic E-state index is 0.142. The van der Waals surface area contributed by atoms with Gasteiger partial charge in [0.15, 0.2) is 0 Å². The molecule has 0 spiro atoms. The Kier molecular flexibility index (Phi) is 4.21. The fraction of sp³-hybridized carbons (Fsp3) is 0.667. The first-order valence-electron chi connectivity index (χ1n) is 8.86. The van der Waals surface area contributed by atoms with Crippen molar-refractivity contribution in [3.05, 3.63) is 18.3 Å². The third-order valence-electron chi connectivity index (χ3n) is 5.70. The maximum absolute atomic E-state index is 12.3. The van der Waals surface area contributed by atoms with Gasteiger partial charge in [0.05, 0.1) is 25.1 Å². The summed E-state index contributed by atoms with van der Waals surface area (Å²) in [5.74, 6) is 3.40. The number of anilines is 2. The van der Waals surface area contributed by atoms with E-state index in [2.05, 4.69) is 15.2 Å². The molecule has 4 rings (SSSR count). The van der Waals surface area contributed by atoms with Crippen molar-refractivity contribution in [2.45, 2.75) is 32.1 Å². The van der Waals surface area contributed by atoms with Crippen molar-refractivity contribution in [3.8, 4) is 0 Å². The highest BCUT2D eigenvalue weighted by Crippen LogP contribution is 2.49. The molecule has 5 nitrogen and oxygen atoms in total. The Labute approximate surface area is 137 Å². The maximum Gasteiger partial charge on any atom is 0.224 e. The monoisotopic (exact) mass is 315 g/mol. The molecule has 1 aromatic heterocycles. The van der Waals surface area contributed by atoms with Gasteiger partial charge in [-0.1, -0.05) is 6.42 Å². The van der Waals surface area contributed by atoms with Crippen LogP contribution in [0.2, 0.25) is 0 Å². The Morgan fingerprint density at radius 1 is 1.26 bits per heavy atom. The molecular formula is C18H25N3O2. The molecule has 2 saturated carbocycles. The molecule has 124 valence electrons. The summed E-state index contributed by atoms with van der Waals surface area (Å²) in [6, 6.07) is 3.94. The van der Waals surface area contributed by atoms with Crippen molar-refractivity contribution in [1.82, 2.24) is 4.98 Å². The number of ether oxygens (including phenoxy) is 1. The van der Waals surface area contributed by atoms with Crippen LogP contribution >= 0.6 is 0 Å². The molecule has 1 saturated heterocycles. The van der Waals surface area contributed by atoms with Gasteiger partial charge in [0, 0.05) is 19.5 Å². The summed E-state index contributed by atoms with van der Waals surface area (Å²) in [5.41, 5.74) is 0.801. The highest BCUT2D eigenvalue weighted by molar-refractivity contribution is 5.90. The van der Waals surface area contributed by atoms with Crippen molar-refractivity contribution in [1.29, 1.82) is 0 Å². The lowest BCUT2D eigenvalue weighted by atomic mass is 9.86. The van der Waals surface area contributed by atoms with E-state index in [9.17, 15) is 4.79 Å². The second-order valence-corrected chi connectivity index (χ2v) is 7.19. The van der Waals surface area contributed by atoms with E-state index in [4.69, 9.17) is 4.74 Å². The van der Waals surface area contributed by atoms with Gasteiger partial charge in [-0.2, -0.15) is 0 Å². The second kappa shape index (κ2) is 6.48. The quantitative estimate of drug-likeness (QED) is 0.928. The van der Waals surface area contributed by atoms with E-state index in [1.165, 1.54) is 25.7 Å². The summed E-state index contributed by atoms with van der Waals surface area (Å²) in [5, 5.41) is 3.01. The molecule has 23 heavy (non-hydrogen) atoms. The zero-order chi connectivity index (χ0) is 15.6. The van der Waals surface area contributed by atoms with Gasteiger partial charge in [0.2, 0.25) is 5.91 Å². The van der Waals surface area contributed by atoms with E-state index in [0.29, 0.717) is 12.3 Å². The van der Waals surface area contributed by atoms with Crippen molar-refractivity contribution >= 4 is 17.4 Å². The number of aromatic nitrogens is 1. The first-order chi connectivity index (χ1) is 11.3. The number of nitrogens with zero attached hydrogens (tertiary/aromatic N) is 2. The van der Waals surface area contributed by atoms with Crippen LogP contribution in [0.1, 0.15) is 32.1 Å². The Hall–Kier alpha value is -1.62. The van der Waals surface area contributed by atoms with E-state index in [1.807, 2.05) is 12.1 Å². The van der Waals surface area contributed by atoms with Crippen molar-refractivity contribution in [2.24, 2.45) is 17.8 Å². The third-order valence-corrected chi connectivity index (χ3v) is 5.70. The number of nitrogens with one attached hydrogen (secondary N) is 1. The van der Waals surface area contributed by atoms with Gasteiger partial charge in [0.25, 0.3) is 0 Å². The topological polar surface area (TPSA) is 54.5 Å². The molecule has 0 radical (unpaired) electrons. The van der Waals surface area contributed by atoms with Crippen LogP contribution in [0.15, 0.2) is 18.3 Å². The summed E-state index contributed by atoms with van der Waals surface area (Å²) in [6.07, 6.45) is 7.77. The van der Waals surface area contributed by atoms with Crippen LogP contribution in [-0.2, 0) is 9.53 Å². The van der Waals surface area contributed by atoms with Crippen LogP contribution in [0.4, 0.5) is 11.5 Å².